The smallest absolute Gasteiger partial charge is 0.0693 e. The van der Waals surface area contributed by atoms with Gasteiger partial charge in [0.05, 0.1) is 6.61 Å². The fourth-order valence-corrected chi connectivity index (χ4v) is 3.89. The number of aliphatic hydroxyl groups is 1. The van der Waals surface area contributed by atoms with Gasteiger partial charge >= 0.3 is 0 Å². The first-order valence-electron chi connectivity index (χ1n) is 4.12. The summed E-state index contributed by atoms with van der Waals surface area (Å²) in [5, 5.41) is 13.3. The molecule has 1 N–H and O–H groups in total. The van der Waals surface area contributed by atoms with Crippen LogP contribution in [0.25, 0.3) is 10.1 Å². The van der Waals surface area contributed by atoms with Crippen LogP contribution in [-0.2, 0) is 11.9 Å². The predicted octanol–water partition coefficient (Wildman–Crippen LogP) is 4.05. The molecule has 4 heteroatoms. The van der Waals surface area contributed by atoms with Crippen molar-refractivity contribution in [1.82, 2.24) is 0 Å². The Morgan fingerprint density at radius 1 is 1.43 bits per heavy atom. The van der Waals surface area contributed by atoms with Crippen LogP contribution < -0.4 is 0 Å². The number of benzene rings is 1. The summed E-state index contributed by atoms with van der Waals surface area (Å²) in [7, 11) is 0. The van der Waals surface area contributed by atoms with E-state index in [4.69, 9.17) is 0 Å². The summed E-state index contributed by atoms with van der Waals surface area (Å²) >= 11 is 8.69. The molecule has 0 unspecified atom stereocenters. The molecule has 0 amide bonds. The summed E-state index contributed by atoms with van der Waals surface area (Å²) in [4.78, 5) is 0. The molecule has 0 fully saturated rings. The Bertz CT molecular complexity index is 464. The molecule has 1 heterocycles. The van der Waals surface area contributed by atoms with Crippen LogP contribution in [0.2, 0.25) is 0 Å². The SMILES string of the molecule is OCc1cc2sccc2c(CBr)c1Br. The minimum absolute atomic E-state index is 0.0778. The second kappa shape index (κ2) is 4.31. The molecule has 1 nitrogen and oxygen atoms in total. The molecule has 0 saturated heterocycles. The van der Waals surface area contributed by atoms with E-state index in [0.29, 0.717) is 0 Å². The maximum atomic E-state index is 9.19. The molecule has 2 aromatic rings. The van der Waals surface area contributed by atoms with Gasteiger partial charge in [0.15, 0.2) is 0 Å². The highest BCUT2D eigenvalue weighted by atomic mass is 79.9. The Labute approximate surface area is 103 Å². The van der Waals surface area contributed by atoms with E-state index in [0.717, 1.165) is 15.4 Å². The normalized spacial score (nSPS) is 11.1. The molecule has 0 aliphatic rings. The van der Waals surface area contributed by atoms with Crippen molar-refractivity contribution in [1.29, 1.82) is 0 Å². The van der Waals surface area contributed by atoms with Gasteiger partial charge in [-0.15, -0.1) is 11.3 Å². The summed E-state index contributed by atoms with van der Waals surface area (Å²) < 4.78 is 2.24. The Kier molecular flexibility index (Phi) is 3.27. The van der Waals surface area contributed by atoms with Crippen molar-refractivity contribution < 1.29 is 5.11 Å². The molecular weight excluding hydrogens is 328 g/mol. The molecule has 1 aromatic heterocycles. The van der Waals surface area contributed by atoms with E-state index in [1.165, 1.54) is 15.6 Å². The molecule has 0 spiro atoms. The van der Waals surface area contributed by atoms with Crippen LogP contribution >= 0.6 is 43.2 Å². The molecule has 74 valence electrons. The van der Waals surface area contributed by atoms with Crippen molar-refractivity contribution in [3.8, 4) is 0 Å². The van der Waals surface area contributed by atoms with Crippen molar-refractivity contribution in [2.45, 2.75) is 11.9 Å². The minimum Gasteiger partial charge on any atom is -0.392 e. The highest BCUT2D eigenvalue weighted by molar-refractivity contribution is 9.10. The zero-order valence-corrected chi connectivity index (χ0v) is 11.2. The van der Waals surface area contributed by atoms with Crippen molar-refractivity contribution in [3.63, 3.8) is 0 Å². The van der Waals surface area contributed by atoms with Gasteiger partial charge in [-0.3, -0.25) is 0 Å². The highest BCUT2D eigenvalue weighted by Gasteiger charge is 2.10. The maximum Gasteiger partial charge on any atom is 0.0693 e. The predicted molar refractivity (Wildman–Crippen MR) is 68.1 cm³/mol. The van der Waals surface area contributed by atoms with E-state index < -0.39 is 0 Å². The van der Waals surface area contributed by atoms with Crippen molar-refractivity contribution >= 4 is 53.3 Å². The maximum absolute atomic E-state index is 9.19. The average Bonchev–Trinajstić information content (AvgIpc) is 2.64. The van der Waals surface area contributed by atoms with Gasteiger partial charge in [0, 0.05) is 14.5 Å². The lowest BCUT2D eigenvalue weighted by Gasteiger charge is -2.07. The first kappa shape index (κ1) is 10.6. The van der Waals surface area contributed by atoms with Crippen LogP contribution in [-0.4, -0.2) is 5.11 Å². The van der Waals surface area contributed by atoms with Gasteiger partial charge in [-0.25, -0.2) is 0 Å². The largest absolute Gasteiger partial charge is 0.392 e. The van der Waals surface area contributed by atoms with Crippen molar-refractivity contribution in [3.05, 3.63) is 33.1 Å². The van der Waals surface area contributed by atoms with Crippen LogP contribution in [0.4, 0.5) is 0 Å². The number of halogens is 2. The molecule has 0 aliphatic carbocycles. The van der Waals surface area contributed by atoms with Crippen molar-refractivity contribution in [2.75, 3.05) is 0 Å². The van der Waals surface area contributed by atoms with Crippen LogP contribution in [0.15, 0.2) is 22.0 Å². The molecule has 0 radical (unpaired) electrons. The standard InChI is InChI=1S/C10H8Br2OS/c11-4-8-7-1-2-14-9(7)3-6(5-13)10(8)12/h1-3,13H,4-5H2. The molecule has 1 aromatic carbocycles. The first-order chi connectivity index (χ1) is 6.77. The number of rotatable bonds is 2. The van der Waals surface area contributed by atoms with E-state index in [2.05, 4.69) is 43.3 Å². The molecule has 0 atom stereocenters. The zero-order valence-electron chi connectivity index (χ0n) is 7.26. The summed E-state index contributed by atoms with van der Waals surface area (Å²) in [6.45, 7) is 0.0778. The lowest BCUT2D eigenvalue weighted by Crippen LogP contribution is -1.90. The molecule has 0 bridgehead atoms. The average molecular weight is 336 g/mol. The first-order valence-corrected chi connectivity index (χ1v) is 6.91. The molecular formula is C10H8Br2OS. The third-order valence-electron chi connectivity index (χ3n) is 2.18. The Morgan fingerprint density at radius 2 is 2.21 bits per heavy atom. The van der Waals surface area contributed by atoms with Crippen LogP contribution in [0.1, 0.15) is 11.1 Å². The van der Waals surface area contributed by atoms with Gasteiger partial charge in [-0.2, -0.15) is 0 Å². The molecule has 14 heavy (non-hydrogen) atoms. The molecule has 0 aliphatic heterocycles. The summed E-state index contributed by atoms with van der Waals surface area (Å²) in [5.74, 6) is 0. The van der Waals surface area contributed by atoms with Gasteiger partial charge < -0.3 is 5.11 Å². The van der Waals surface area contributed by atoms with Crippen molar-refractivity contribution in [2.24, 2.45) is 0 Å². The second-order valence-corrected chi connectivity index (χ2v) is 5.25. The number of thiophene rings is 1. The minimum atomic E-state index is 0.0778. The Balaban J connectivity index is 2.80. The van der Waals surface area contributed by atoms with Gasteiger partial charge in [-0.05, 0) is 34.0 Å². The number of fused-ring (bicyclic) bond motifs is 1. The van der Waals surface area contributed by atoms with E-state index in [-0.39, 0.29) is 6.61 Å². The molecule has 0 saturated carbocycles. The van der Waals surface area contributed by atoms with E-state index in [9.17, 15) is 5.11 Å². The number of hydrogen-bond acceptors (Lipinski definition) is 2. The van der Waals surface area contributed by atoms with Crippen LogP contribution in [0, 0.1) is 0 Å². The highest BCUT2D eigenvalue weighted by Crippen LogP contribution is 2.34. The quantitative estimate of drug-likeness (QED) is 0.821. The lowest BCUT2D eigenvalue weighted by molar-refractivity contribution is 0.281. The lowest BCUT2D eigenvalue weighted by atomic mass is 10.1. The van der Waals surface area contributed by atoms with Gasteiger partial charge in [-0.1, -0.05) is 31.9 Å². The summed E-state index contributed by atoms with van der Waals surface area (Å²) in [5.41, 5.74) is 2.17. The topological polar surface area (TPSA) is 20.2 Å². The summed E-state index contributed by atoms with van der Waals surface area (Å²) in [6.07, 6.45) is 0. The number of hydrogen-bond donors (Lipinski definition) is 1. The molecule has 2 rings (SSSR count). The van der Waals surface area contributed by atoms with Crippen LogP contribution in [0.5, 0.6) is 0 Å². The fourth-order valence-electron chi connectivity index (χ4n) is 1.46. The third kappa shape index (κ3) is 1.65. The Hall–Kier alpha value is 0.1000. The fraction of sp³-hybridized carbons (Fsp3) is 0.200. The van der Waals surface area contributed by atoms with Gasteiger partial charge in [0.1, 0.15) is 0 Å². The van der Waals surface area contributed by atoms with E-state index in [1.54, 1.807) is 11.3 Å². The van der Waals surface area contributed by atoms with E-state index >= 15 is 0 Å². The van der Waals surface area contributed by atoms with Crippen LogP contribution in [0.3, 0.4) is 0 Å². The monoisotopic (exact) mass is 334 g/mol. The second-order valence-electron chi connectivity index (χ2n) is 2.95. The Morgan fingerprint density at radius 3 is 2.86 bits per heavy atom. The summed E-state index contributed by atoms with van der Waals surface area (Å²) in [6, 6.07) is 4.15. The van der Waals surface area contributed by atoms with Gasteiger partial charge in [0.2, 0.25) is 0 Å². The van der Waals surface area contributed by atoms with E-state index in [1.807, 2.05) is 6.07 Å². The number of alkyl halides is 1. The number of aliphatic hydroxyl groups excluding tert-OH is 1. The third-order valence-corrected chi connectivity index (χ3v) is 4.59. The zero-order chi connectivity index (χ0) is 10.1. The van der Waals surface area contributed by atoms with Gasteiger partial charge in [0.25, 0.3) is 0 Å².